The predicted molar refractivity (Wildman–Crippen MR) is 219 cm³/mol. The predicted octanol–water partition coefficient (Wildman–Crippen LogP) is 13.6. The largest absolute Gasteiger partial charge is 0.309 e. The average Bonchev–Trinajstić information content (AvgIpc) is 3.85. The first-order chi connectivity index (χ1) is 25.3. The summed E-state index contributed by atoms with van der Waals surface area (Å²) in [6, 6.07) is 66.6. The molecule has 11 aromatic rings. The highest BCUT2D eigenvalue weighted by Gasteiger charge is 2.17. The van der Waals surface area contributed by atoms with E-state index in [0.717, 1.165) is 5.69 Å². The van der Waals surface area contributed by atoms with Crippen molar-refractivity contribution in [2.24, 2.45) is 0 Å². The smallest absolute Gasteiger partial charge is 0.0547 e. The van der Waals surface area contributed by atoms with Gasteiger partial charge in [-0.05, 0) is 82.9 Å². The fraction of sp³-hybridized carbons (Fsp3) is 0. The molecular weight excluding hydrogens is 637 g/mol. The van der Waals surface area contributed by atoms with E-state index in [1.165, 1.54) is 91.7 Å². The molecule has 238 valence electrons. The topological polar surface area (TPSA) is 9.86 Å². The minimum absolute atomic E-state index is 1.16. The summed E-state index contributed by atoms with van der Waals surface area (Å²) in [7, 11) is 0. The van der Waals surface area contributed by atoms with Crippen molar-refractivity contribution in [3.8, 4) is 33.6 Å². The zero-order valence-electron chi connectivity index (χ0n) is 27.6. The van der Waals surface area contributed by atoms with Gasteiger partial charge in [-0.25, -0.2) is 0 Å². The van der Waals surface area contributed by atoms with Crippen molar-refractivity contribution in [1.82, 2.24) is 9.13 Å². The van der Waals surface area contributed by atoms with Gasteiger partial charge in [-0.1, -0.05) is 121 Å². The zero-order chi connectivity index (χ0) is 33.5. The number of fused-ring (bicyclic) bond motifs is 9. The standard InChI is InChI=1S/C48H30N2S/c1-2-11-34(12-3-1)49-44-19-8-5-14-38(44)42-29-32(24-28-45(42)49)33-23-27-39-37-13-4-7-18-43(37)50(46(39)30-33)35-25-21-31(22-26-35)36-16-10-17-41-40-15-6-9-20-47(40)51-48(36)41/h1-30H. The van der Waals surface area contributed by atoms with Gasteiger partial charge in [0.15, 0.2) is 0 Å². The van der Waals surface area contributed by atoms with Crippen LogP contribution < -0.4 is 0 Å². The van der Waals surface area contributed by atoms with E-state index in [1.54, 1.807) is 0 Å². The molecule has 0 aliphatic rings. The van der Waals surface area contributed by atoms with Crippen LogP contribution in [0.3, 0.4) is 0 Å². The number of aromatic nitrogens is 2. The van der Waals surface area contributed by atoms with Crippen LogP contribution in [-0.2, 0) is 0 Å². The van der Waals surface area contributed by atoms with Crippen molar-refractivity contribution < 1.29 is 0 Å². The highest BCUT2D eigenvalue weighted by atomic mass is 32.1. The monoisotopic (exact) mass is 666 g/mol. The molecular formula is C48H30N2S. The molecule has 51 heavy (non-hydrogen) atoms. The van der Waals surface area contributed by atoms with Crippen molar-refractivity contribution in [2.75, 3.05) is 0 Å². The van der Waals surface area contributed by atoms with Crippen LogP contribution in [0, 0.1) is 0 Å². The number of para-hydroxylation sites is 3. The van der Waals surface area contributed by atoms with E-state index in [4.69, 9.17) is 0 Å². The van der Waals surface area contributed by atoms with Gasteiger partial charge >= 0.3 is 0 Å². The second-order valence-electron chi connectivity index (χ2n) is 13.3. The van der Waals surface area contributed by atoms with Crippen LogP contribution in [0.2, 0.25) is 0 Å². The molecule has 11 rings (SSSR count). The molecule has 3 heteroatoms. The van der Waals surface area contributed by atoms with Crippen LogP contribution in [0.15, 0.2) is 182 Å². The Hall–Kier alpha value is -6.42. The molecule has 0 aliphatic heterocycles. The van der Waals surface area contributed by atoms with E-state index in [1.807, 2.05) is 11.3 Å². The summed E-state index contributed by atoms with van der Waals surface area (Å²) in [6.45, 7) is 0. The maximum atomic E-state index is 2.43. The molecule has 0 fully saturated rings. The lowest BCUT2D eigenvalue weighted by atomic mass is 10.0. The van der Waals surface area contributed by atoms with Gasteiger partial charge in [-0.3, -0.25) is 0 Å². The first-order valence-corrected chi connectivity index (χ1v) is 18.3. The third-order valence-electron chi connectivity index (χ3n) is 10.5. The van der Waals surface area contributed by atoms with Gasteiger partial charge in [0.2, 0.25) is 0 Å². The van der Waals surface area contributed by atoms with E-state index in [-0.39, 0.29) is 0 Å². The molecule has 8 aromatic carbocycles. The zero-order valence-corrected chi connectivity index (χ0v) is 28.4. The molecule has 0 spiro atoms. The highest BCUT2D eigenvalue weighted by Crippen LogP contribution is 2.41. The number of benzene rings is 8. The second-order valence-corrected chi connectivity index (χ2v) is 14.4. The Morgan fingerprint density at radius 3 is 1.67 bits per heavy atom. The Labute approximate surface area is 298 Å². The van der Waals surface area contributed by atoms with Crippen LogP contribution in [0.1, 0.15) is 0 Å². The number of rotatable bonds is 4. The van der Waals surface area contributed by atoms with Gasteiger partial charge in [-0.15, -0.1) is 11.3 Å². The Bertz CT molecular complexity index is 3120. The van der Waals surface area contributed by atoms with Gasteiger partial charge in [0.1, 0.15) is 0 Å². The van der Waals surface area contributed by atoms with E-state index in [0.29, 0.717) is 0 Å². The Balaban J connectivity index is 1.06. The molecule has 0 saturated carbocycles. The summed E-state index contributed by atoms with van der Waals surface area (Å²) < 4.78 is 7.48. The van der Waals surface area contributed by atoms with Gasteiger partial charge in [0, 0.05) is 53.1 Å². The summed E-state index contributed by atoms with van der Waals surface area (Å²) in [6.07, 6.45) is 0. The van der Waals surface area contributed by atoms with E-state index >= 15 is 0 Å². The van der Waals surface area contributed by atoms with Crippen LogP contribution >= 0.6 is 11.3 Å². The fourth-order valence-electron chi connectivity index (χ4n) is 8.20. The van der Waals surface area contributed by atoms with Crippen molar-refractivity contribution >= 4 is 75.1 Å². The number of hydrogen-bond donors (Lipinski definition) is 0. The van der Waals surface area contributed by atoms with E-state index < -0.39 is 0 Å². The molecule has 0 radical (unpaired) electrons. The van der Waals surface area contributed by atoms with Gasteiger partial charge in [-0.2, -0.15) is 0 Å². The molecule has 0 unspecified atom stereocenters. The van der Waals surface area contributed by atoms with Gasteiger partial charge in [0.05, 0.1) is 22.1 Å². The van der Waals surface area contributed by atoms with Crippen LogP contribution in [-0.4, -0.2) is 9.13 Å². The molecule has 0 atom stereocenters. The first-order valence-electron chi connectivity index (χ1n) is 17.4. The third-order valence-corrected chi connectivity index (χ3v) is 11.8. The van der Waals surface area contributed by atoms with Crippen molar-refractivity contribution in [1.29, 1.82) is 0 Å². The molecule has 2 nitrogen and oxygen atoms in total. The second kappa shape index (κ2) is 11.0. The SMILES string of the molecule is c1ccc(-n2c3ccccc3c3cc(-c4ccc5c6ccccc6n(-c6ccc(-c7cccc8c7sc7ccccc78)cc6)c5c4)ccc32)cc1. The van der Waals surface area contributed by atoms with Crippen molar-refractivity contribution in [3.05, 3.63) is 182 Å². The van der Waals surface area contributed by atoms with E-state index in [9.17, 15) is 0 Å². The maximum Gasteiger partial charge on any atom is 0.0547 e. The molecule has 0 N–H and O–H groups in total. The number of nitrogens with zero attached hydrogens (tertiary/aromatic N) is 2. The van der Waals surface area contributed by atoms with Crippen molar-refractivity contribution in [2.45, 2.75) is 0 Å². The number of hydrogen-bond acceptors (Lipinski definition) is 1. The minimum Gasteiger partial charge on any atom is -0.309 e. The molecule has 3 heterocycles. The van der Waals surface area contributed by atoms with Crippen LogP contribution in [0.25, 0.3) is 97.4 Å². The lowest BCUT2D eigenvalue weighted by molar-refractivity contribution is 1.18. The fourth-order valence-corrected chi connectivity index (χ4v) is 9.44. The third kappa shape index (κ3) is 4.29. The van der Waals surface area contributed by atoms with Crippen molar-refractivity contribution in [3.63, 3.8) is 0 Å². The molecule has 0 bridgehead atoms. The first kappa shape index (κ1) is 28.4. The molecule has 0 amide bonds. The summed E-state index contributed by atoms with van der Waals surface area (Å²) in [4.78, 5) is 0. The highest BCUT2D eigenvalue weighted by molar-refractivity contribution is 7.26. The quantitative estimate of drug-likeness (QED) is 0.177. The van der Waals surface area contributed by atoms with Crippen LogP contribution in [0.4, 0.5) is 0 Å². The minimum atomic E-state index is 1.16. The Morgan fingerprint density at radius 1 is 0.314 bits per heavy atom. The molecule has 0 saturated heterocycles. The van der Waals surface area contributed by atoms with Gasteiger partial charge < -0.3 is 9.13 Å². The lowest BCUT2D eigenvalue weighted by Crippen LogP contribution is -1.94. The number of thiophene rings is 1. The summed E-state index contributed by atoms with van der Waals surface area (Å²) in [5, 5.41) is 7.71. The van der Waals surface area contributed by atoms with Crippen LogP contribution in [0.5, 0.6) is 0 Å². The molecule has 0 aliphatic carbocycles. The Morgan fingerprint density at radius 2 is 0.863 bits per heavy atom. The molecule has 3 aromatic heterocycles. The maximum absolute atomic E-state index is 2.43. The summed E-state index contributed by atoms with van der Waals surface area (Å²) in [5.74, 6) is 0. The average molecular weight is 667 g/mol. The summed E-state index contributed by atoms with van der Waals surface area (Å²) in [5.41, 5.74) is 12.1. The normalized spacial score (nSPS) is 11.9. The summed E-state index contributed by atoms with van der Waals surface area (Å²) >= 11 is 1.88. The lowest BCUT2D eigenvalue weighted by Gasteiger charge is -2.11. The van der Waals surface area contributed by atoms with Gasteiger partial charge in [0.25, 0.3) is 0 Å². The Kier molecular flexibility index (Phi) is 6.16. The van der Waals surface area contributed by atoms with E-state index in [2.05, 4.69) is 191 Å².